The van der Waals surface area contributed by atoms with E-state index in [2.05, 4.69) is 9.64 Å². The number of ether oxygens (including phenoxy) is 2. The fourth-order valence-corrected chi connectivity index (χ4v) is 4.11. The summed E-state index contributed by atoms with van der Waals surface area (Å²) in [4.78, 5) is 16.0. The van der Waals surface area contributed by atoms with Crippen LogP contribution in [0.15, 0.2) is 42.5 Å². The summed E-state index contributed by atoms with van der Waals surface area (Å²) < 4.78 is 72.9. The van der Waals surface area contributed by atoms with E-state index in [0.29, 0.717) is 44.6 Å². The molecule has 1 spiro atoms. The van der Waals surface area contributed by atoms with E-state index in [1.165, 1.54) is 23.1 Å². The first-order valence-corrected chi connectivity index (χ1v) is 10.1. The number of carbonyl (C=O) groups excluding carboxylic acids is 1. The Balaban J connectivity index is 1.30. The Hall–Kier alpha value is -2.88. The predicted molar refractivity (Wildman–Crippen MR) is 104 cm³/mol. The molecule has 2 aliphatic heterocycles. The number of alkyl halides is 3. The molecule has 0 aromatic heterocycles. The van der Waals surface area contributed by atoms with Crippen molar-refractivity contribution < 1.29 is 36.2 Å². The summed E-state index contributed by atoms with van der Waals surface area (Å²) in [6.45, 7) is 2.34. The molecule has 0 radical (unpaired) electrons. The van der Waals surface area contributed by atoms with Crippen molar-refractivity contribution in [3.05, 3.63) is 65.2 Å². The number of amides is 1. The number of hydrogen-bond donors (Lipinski definition) is 0. The van der Waals surface area contributed by atoms with Crippen LogP contribution in [0.3, 0.4) is 0 Å². The van der Waals surface area contributed by atoms with E-state index in [1.807, 2.05) is 0 Å². The van der Waals surface area contributed by atoms with Gasteiger partial charge in [0.2, 0.25) is 0 Å². The number of halogens is 5. The SMILES string of the molecule is O=C1OC2(CCN(Cc3ccc(OC(F)(F)F)cc3)CC2)CN1Cc1ccc(F)c(F)c1. The zero-order chi connectivity index (χ0) is 22.9. The average molecular weight is 456 g/mol. The van der Waals surface area contributed by atoms with Gasteiger partial charge in [0.1, 0.15) is 11.4 Å². The van der Waals surface area contributed by atoms with Crippen LogP contribution < -0.4 is 4.74 Å². The maximum atomic E-state index is 13.4. The zero-order valence-corrected chi connectivity index (χ0v) is 17.0. The Labute approximate surface area is 181 Å². The minimum absolute atomic E-state index is 0.133. The van der Waals surface area contributed by atoms with Crippen molar-refractivity contribution >= 4 is 6.09 Å². The fourth-order valence-electron chi connectivity index (χ4n) is 4.11. The normalized spacial score (nSPS) is 18.8. The summed E-state index contributed by atoms with van der Waals surface area (Å²) in [7, 11) is 0. The number of likely N-dealkylation sites (tertiary alicyclic amines) is 1. The molecule has 2 saturated heterocycles. The van der Waals surface area contributed by atoms with Crippen LogP contribution in [0.1, 0.15) is 24.0 Å². The van der Waals surface area contributed by atoms with Gasteiger partial charge in [-0.05, 0) is 35.4 Å². The maximum Gasteiger partial charge on any atom is 0.573 e. The highest BCUT2D eigenvalue weighted by Crippen LogP contribution is 2.34. The third-order valence-corrected chi connectivity index (χ3v) is 5.73. The first-order valence-electron chi connectivity index (χ1n) is 10.1. The summed E-state index contributed by atoms with van der Waals surface area (Å²) in [6.07, 6.45) is -4.01. The highest BCUT2D eigenvalue weighted by Gasteiger charge is 2.46. The largest absolute Gasteiger partial charge is 0.573 e. The molecule has 0 bridgehead atoms. The van der Waals surface area contributed by atoms with E-state index in [9.17, 15) is 26.7 Å². The molecule has 2 aromatic rings. The van der Waals surface area contributed by atoms with E-state index in [4.69, 9.17) is 4.74 Å². The van der Waals surface area contributed by atoms with Crippen LogP contribution in [-0.2, 0) is 17.8 Å². The molecule has 4 rings (SSSR count). The van der Waals surface area contributed by atoms with Crippen LogP contribution >= 0.6 is 0 Å². The van der Waals surface area contributed by atoms with Gasteiger partial charge in [-0.1, -0.05) is 18.2 Å². The van der Waals surface area contributed by atoms with Gasteiger partial charge in [0, 0.05) is 39.0 Å². The van der Waals surface area contributed by atoms with Crippen LogP contribution in [0.25, 0.3) is 0 Å². The summed E-state index contributed by atoms with van der Waals surface area (Å²) >= 11 is 0. The van der Waals surface area contributed by atoms with Crippen molar-refractivity contribution in [3.8, 4) is 5.75 Å². The summed E-state index contributed by atoms with van der Waals surface area (Å²) in [5.41, 5.74) is 0.698. The highest BCUT2D eigenvalue weighted by atomic mass is 19.4. The molecule has 5 nitrogen and oxygen atoms in total. The van der Waals surface area contributed by atoms with E-state index < -0.39 is 29.7 Å². The second-order valence-corrected chi connectivity index (χ2v) is 8.12. The monoisotopic (exact) mass is 456 g/mol. The number of hydrogen-bond acceptors (Lipinski definition) is 4. The Morgan fingerprint density at radius 2 is 1.59 bits per heavy atom. The molecule has 172 valence electrons. The van der Waals surface area contributed by atoms with Gasteiger partial charge in [-0.25, -0.2) is 13.6 Å². The second kappa shape index (κ2) is 8.57. The zero-order valence-electron chi connectivity index (χ0n) is 17.0. The van der Waals surface area contributed by atoms with Gasteiger partial charge >= 0.3 is 12.5 Å². The minimum Gasteiger partial charge on any atom is -0.441 e. The van der Waals surface area contributed by atoms with Crippen molar-refractivity contribution in [2.24, 2.45) is 0 Å². The van der Waals surface area contributed by atoms with Gasteiger partial charge in [0.25, 0.3) is 0 Å². The van der Waals surface area contributed by atoms with Crippen molar-refractivity contribution in [1.29, 1.82) is 0 Å². The van der Waals surface area contributed by atoms with Crippen LogP contribution in [-0.4, -0.2) is 47.5 Å². The molecule has 0 aliphatic carbocycles. The minimum atomic E-state index is -4.72. The second-order valence-electron chi connectivity index (χ2n) is 8.12. The van der Waals surface area contributed by atoms with Crippen LogP contribution in [0, 0.1) is 11.6 Å². The Morgan fingerprint density at radius 3 is 2.22 bits per heavy atom. The van der Waals surface area contributed by atoms with Gasteiger partial charge < -0.3 is 9.47 Å². The lowest BCUT2D eigenvalue weighted by molar-refractivity contribution is -0.274. The lowest BCUT2D eigenvalue weighted by Crippen LogP contribution is -2.46. The highest BCUT2D eigenvalue weighted by molar-refractivity contribution is 5.70. The molecular weight excluding hydrogens is 435 g/mol. The molecule has 10 heteroatoms. The smallest absolute Gasteiger partial charge is 0.441 e. The Morgan fingerprint density at radius 1 is 0.938 bits per heavy atom. The number of nitrogens with zero attached hydrogens (tertiary/aromatic N) is 2. The van der Waals surface area contributed by atoms with Crippen molar-refractivity contribution in [2.75, 3.05) is 19.6 Å². The van der Waals surface area contributed by atoms with Gasteiger partial charge in [-0.3, -0.25) is 9.80 Å². The average Bonchev–Trinajstić information content (AvgIpc) is 3.02. The quantitative estimate of drug-likeness (QED) is 0.604. The first kappa shape index (κ1) is 22.3. The number of piperidine rings is 1. The van der Waals surface area contributed by atoms with Crippen molar-refractivity contribution in [1.82, 2.24) is 9.80 Å². The fraction of sp³-hybridized carbons (Fsp3) is 0.409. The number of benzene rings is 2. The summed E-state index contributed by atoms with van der Waals surface area (Å²) in [5.74, 6) is -2.17. The molecule has 32 heavy (non-hydrogen) atoms. The number of rotatable bonds is 5. The molecule has 1 amide bonds. The van der Waals surface area contributed by atoms with E-state index in [0.717, 1.165) is 17.7 Å². The van der Waals surface area contributed by atoms with E-state index in [-0.39, 0.29) is 12.3 Å². The predicted octanol–water partition coefficient (Wildman–Crippen LogP) is 4.85. The van der Waals surface area contributed by atoms with Crippen molar-refractivity contribution in [2.45, 2.75) is 37.9 Å². The van der Waals surface area contributed by atoms with Crippen LogP contribution in [0.2, 0.25) is 0 Å². The van der Waals surface area contributed by atoms with Crippen molar-refractivity contribution in [3.63, 3.8) is 0 Å². The molecule has 0 unspecified atom stereocenters. The first-order chi connectivity index (χ1) is 15.1. The third kappa shape index (κ3) is 5.29. The topological polar surface area (TPSA) is 42.0 Å². The summed E-state index contributed by atoms with van der Waals surface area (Å²) in [6, 6.07) is 9.27. The molecular formula is C22H21F5N2O3. The molecule has 2 heterocycles. The van der Waals surface area contributed by atoms with E-state index in [1.54, 1.807) is 12.1 Å². The van der Waals surface area contributed by atoms with Gasteiger partial charge in [0.15, 0.2) is 11.6 Å². The standard InChI is InChI=1S/C22H21F5N2O3/c23-18-6-3-16(11-19(18)24)13-29-14-21(32-20(29)30)7-9-28(10-8-21)12-15-1-4-17(5-2-15)31-22(25,26)27/h1-6,11H,7-10,12-14H2. The van der Waals surface area contributed by atoms with Gasteiger partial charge in [-0.15, -0.1) is 13.2 Å². The molecule has 0 atom stereocenters. The third-order valence-electron chi connectivity index (χ3n) is 5.73. The lowest BCUT2D eigenvalue weighted by Gasteiger charge is -2.37. The van der Waals surface area contributed by atoms with E-state index >= 15 is 0 Å². The molecule has 2 aromatic carbocycles. The molecule has 0 N–H and O–H groups in total. The Kier molecular flexibility index (Phi) is 5.98. The Bertz CT molecular complexity index is 973. The van der Waals surface area contributed by atoms with Gasteiger partial charge in [-0.2, -0.15) is 0 Å². The van der Waals surface area contributed by atoms with Crippen LogP contribution in [0.5, 0.6) is 5.75 Å². The summed E-state index contributed by atoms with van der Waals surface area (Å²) in [5, 5.41) is 0. The molecule has 0 saturated carbocycles. The molecule has 2 fully saturated rings. The lowest BCUT2D eigenvalue weighted by atomic mass is 9.91. The van der Waals surface area contributed by atoms with Crippen LogP contribution in [0.4, 0.5) is 26.7 Å². The maximum absolute atomic E-state index is 13.4. The van der Waals surface area contributed by atoms with Gasteiger partial charge in [0.05, 0.1) is 6.54 Å². The molecule has 2 aliphatic rings. The number of carbonyl (C=O) groups is 1.